The maximum atomic E-state index is 13.9. The Kier molecular flexibility index (Phi) is 5.94. The van der Waals surface area contributed by atoms with Gasteiger partial charge in [0.05, 0.1) is 27.6 Å². The number of likely N-dealkylation sites (tertiary alicyclic amines) is 1. The average Bonchev–Trinajstić information content (AvgIpc) is 3.54. The number of para-hydroxylation sites is 2. The lowest BCUT2D eigenvalue weighted by Gasteiger charge is -2.32. The number of amides is 1. The summed E-state index contributed by atoms with van der Waals surface area (Å²) >= 11 is 0. The first-order valence-electron chi connectivity index (χ1n) is 12.6. The predicted octanol–water partition coefficient (Wildman–Crippen LogP) is 6.56. The highest BCUT2D eigenvalue weighted by molar-refractivity contribution is 5.99. The number of carbonyl (C=O) groups excluding carboxylic acids is 1. The summed E-state index contributed by atoms with van der Waals surface area (Å²) in [6.45, 7) is 0.430. The van der Waals surface area contributed by atoms with E-state index in [1.165, 1.54) is 5.56 Å². The molecule has 1 aliphatic heterocycles. The fraction of sp³-hybridized carbons (Fsp3) is 0.276. The lowest BCUT2D eigenvalue weighted by molar-refractivity contribution is 0.0634. The van der Waals surface area contributed by atoms with Gasteiger partial charge in [-0.25, -0.2) is 4.98 Å². The third kappa shape index (κ3) is 4.16. The van der Waals surface area contributed by atoms with Crippen LogP contribution in [0.4, 0.5) is 8.78 Å². The van der Waals surface area contributed by atoms with E-state index in [9.17, 15) is 13.6 Å². The average molecular weight is 500 g/mol. The van der Waals surface area contributed by atoms with Crippen LogP contribution in [-0.4, -0.2) is 43.4 Å². The van der Waals surface area contributed by atoms with E-state index in [4.69, 9.17) is 0 Å². The van der Waals surface area contributed by atoms with Gasteiger partial charge in [0.25, 0.3) is 5.91 Å². The van der Waals surface area contributed by atoms with E-state index in [2.05, 4.69) is 40.1 Å². The summed E-state index contributed by atoms with van der Waals surface area (Å²) in [7, 11) is 0. The van der Waals surface area contributed by atoms with E-state index in [-0.39, 0.29) is 11.8 Å². The van der Waals surface area contributed by atoms with Crippen LogP contribution in [0, 0.1) is 0 Å². The molecule has 5 aromatic rings. The number of rotatable bonds is 5. The molecule has 6 rings (SSSR count). The Morgan fingerprint density at radius 2 is 1.92 bits per heavy atom. The highest BCUT2D eigenvalue weighted by Crippen LogP contribution is 2.34. The normalized spacial score (nSPS) is 14.8. The fourth-order valence-electron chi connectivity index (χ4n) is 5.38. The van der Waals surface area contributed by atoms with Crippen molar-refractivity contribution in [3.05, 3.63) is 83.9 Å². The van der Waals surface area contributed by atoms with Crippen LogP contribution in [0.3, 0.4) is 0 Å². The summed E-state index contributed by atoms with van der Waals surface area (Å²) < 4.78 is 28.8. The first-order valence-corrected chi connectivity index (χ1v) is 12.6. The number of benzene rings is 2. The standard InChI is InChI=1S/C29H27F2N5O/c1-2-18-6-5-7-20(14-18)22-17-32-24-15-21(16-33-26(22)24)28(37)35-12-10-19(11-13-35)27-34-23-8-3-4-9-25(23)36(27)29(30)31/h3-9,14-17,19,29,32H,2,10-13H2,1H3. The lowest BCUT2D eigenvalue weighted by atomic mass is 9.95. The molecule has 188 valence electrons. The van der Waals surface area contributed by atoms with Gasteiger partial charge >= 0.3 is 6.55 Å². The van der Waals surface area contributed by atoms with Crippen molar-refractivity contribution >= 4 is 28.0 Å². The Morgan fingerprint density at radius 3 is 2.70 bits per heavy atom. The van der Waals surface area contributed by atoms with Gasteiger partial charge in [-0.15, -0.1) is 0 Å². The van der Waals surface area contributed by atoms with Gasteiger partial charge in [0, 0.05) is 37.0 Å². The van der Waals surface area contributed by atoms with Gasteiger partial charge in [-0.05, 0) is 48.6 Å². The zero-order valence-corrected chi connectivity index (χ0v) is 20.5. The number of aromatic amines is 1. The van der Waals surface area contributed by atoms with Crippen LogP contribution >= 0.6 is 0 Å². The SMILES string of the molecule is CCc1cccc(-c2c[nH]c3cc(C(=O)N4CCC(c5nc6ccccc6n5C(F)F)CC4)cnc23)c1. The lowest BCUT2D eigenvalue weighted by Crippen LogP contribution is -2.38. The number of nitrogens with zero attached hydrogens (tertiary/aromatic N) is 4. The number of nitrogens with one attached hydrogen (secondary N) is 1. The Morgan fingerprint density at radius 1 is 1.11 bits per heavy atom. The maximum Gasteiger partial charge on any atom is 0.320 e. The summed E-state index contributed by atoms with van der Waals surface area (Å²) in [5.74, 6) is 0.174. The number of fused-ring (bicyclic) bond motifs is 2. The van der Waals surface area contributed by atoms with E-state index >= 15 is 0 Å². The molecule has 1 aliphatic rings. The van der Waals surface area contributed by atoms with Gasteiger partial charge in [-0.3, -0.25) is 14.3 Å². The minimum Gasteiger partial charge on any atom is -0.359 e. The predicted molar refractivity (Wildman–Crippen MR) is 140 cm³/mol. The fourth-order valence-corrected chi connectivity index (χ4v) is 5.38. The van der Waals surface area contributed by atoms with Crippen molar-refractivity contribution < 1.29 is 13.6 Å². The number of aryl methyl sites for hydroxylation is 1. The maximum absolute atomic E-state index is 13.9. The van der Waals surface area contributed by atoms with Crippen LogP contribution < -0.4 is 0 Å². The molecule has 6 nitrogen and oxygen atoms in total. The van der Waals surface area contributed by atoms with Gasteiger partial charge in [0.15, 0.2) is 0 Å². The van der Waals surface area contributed by atoms with Crippen molar-refractivity contribution in [2.75, 3.05) is 13.1 Å². The third-order valence-electron chi connectivity index (χ3n) is 7.37. The highest BCUT2D eigenvalue weighted by atomic mass is 19.3. The number of hydrogen-bond donors (Lipinski definition) is 1. The van der Waals surface area contributed by atoms with Crippen LogP contribution in [0.5, 0.6) is 0 Å². The third-order valence-corrected chi connectivity index (χ3v) is 7.37. The van der Waals surface area contributed by atoms with Gasteiger partial charge in [-0.1, -0.05) is 43.3 Å². The van der Waals surface area contributed by atoms with E-state index in [1.54, 1.807) is 35.4 Å². The number of H-pyrrole nitrogens is 1. The molecule has 1 amide bonds. The molecule has 37 heavy (non-hydrogen) atoms. The topological polar surface area (TPSA) is 66.8 Å². The van der Waals surface area contributed by atoms with Crippen molar-refractivity contribution in [2.24, 2.45) is 0 Å². The molecule has 0 saturated carbocycles. The van der Waals surface area contributed by atoms with Crippen molar-refractivity contribution in [3.63, 3.8) is 0 Å². The molecule has 1 N–H and O–H groups in total. The number of carbonyl (C=O) groups is 1. The molecule has 0 unspecified atom stereocenters. The monoisotopic (exact) mass is 499 g/mol. The molecule has 4 heterocycles. The number of piperidine rings is 1. The van der Waals surface area contributed by atoms with Gasteiger partial charge in [-0.2, -0.15) is 8.78 Å². The number of alkyl halides is 2. The van der Waals surface area contributed by atoms with E-state index < -0.39 is 6.55 Å². The van der Waals surface area contributed by atoms with Gasteiger partial charge in [0.1, 0.15) is 5.82 Å². The van der Waals surface area contributed by atoms with Crippen molar-refractivity contribution in [1.82, 2.24) is 24.4 Å². The Balaban J connectivity index is 1.20. The minimum atomic E-state index is -2.66. The Labute approximate surface area is 213 Å². The number of aromatic nitrogens is 4. The Hall–Kier alpha value is -4.07. The van der Waals surface area contributed by atoms with Crippen LogP contribution in [-0.2, 0) is 6.42 Å². The van der Waals surface area contributed by atoms with E-state index in [0.717, 1.165) is 33.1 Å². The van der Waals surface area contributed by atoms with Crippen LogP contribution in [0.25, 0.3) is 33.2 Å². The molecule has 3 aromatic heterocycles. The second-order valence-corrected chi connectivity index (χ2v) is 9.55. The second-order valence-electron chi connectivity index (χ2n) is 9.55. The zero-order chi connectivity index (χ0) is 25.5. The van der Waals surface area contributed by atoms with Gasteiger partial charge in [0.2, 0.25) is 0 Å². The molecular weight excluding hydrogens is 472 g/mol. The van der Waals surface area contributed by atoms with Crippen molar-refractivity contribution in [1.29, 1.82) is 0 Å². The summed E-state index contributed by atoms with van der Waals surface area (Å²) in [4.78, 5) is 27.5. The molecule has 0 atom stereocenters. The summed E-state index contributed by atoms with van der Waals surface area (Å²) in [6, 6.07) is 17.2. The van der Waals surface area contributed by atoms with E-state index in [0.29, 0.717) is 48.4 Å². The van der Waals surface area contributed by atoms with E-state index in [1.807, 2.05) is 18.3 Å². The van der Waals surface area contributed by atoms with Crippen LogP contribution in [0.2, 0.25) is 0 Å². The number of pyridine rings is 1. The quantitative estimate of drug-likeness (QED) is 0.298. The molecule has 1 fully saturated rings. The largest absolute Gasteiger partial charge is 0.359 e. The summed E-state index contributed by atoms with van der Waals surface area (Å²) in [5.41, 5.74) is 6.52. The van der Waals surface area contributed by atoms with Crippen LogP contribution in [0.15, 0.2) is 67.0 Å². The summed E-state index contributed by atoms with van der Waals surface area (Å²) in [6.07, 6.45) is 5.68. The first-order chi connectivity index (χ1) is 18.0. The zero-order valence-electron chi connectivity index (χ0n) is 20.5. The molecule has 8 heteroatoms. The van der Waals surface area contributed by atoms with Gasteiger partial charge < -0.3 is 9.88 Å². The number of imidazole rings is 1. The molecular formula is C29H27F2N5O. The molecule has 2 aromatic carbocycles. The number of halogens is 2. The molecule has 0 spiro atoms. The second kappa shape index (κ2) is 9.42. The smallest absolute Gasteiger partial charge is 0.320 e. The Bertz CT molecular complexity index is 1600. The summed E-state index contributed by atoms with van der Waals surface area (Å²) in [5, 5.41) is 0. The van der Waals surface area contributed by atoms with Crippen LogP contribution in [0.1, 0.15) is 54.0 Å². The first kappa shape index (κ1) is 23.3. The number of hydrogen-bond acceptors (Lipinski definition) is 3. The molecule has 1 saturated heterocycles. The van der Waals surface area contributed by atoms with Crippen molar-refractivity contribution in [3.8, 4) is 11.1 Å². The molecule has 0 aliphatic carbocycles. The molecule has 0 radical (unpaired) electrons. The minimum absolute atomic E-state index is 0.0978. The molecule has 0 bridgehead atoms. The highest BCUT2D eigenvalue weighted by Gasteiger charge is 2.30. The van der Waals surface area contributed by atoms with Crippen molar-refractivity contribution in [2.45, 2.75) is 38.7 Å².